The maximum atomic E-state index is 5.89. The first-order chi connectivity index (χ1) is 14.1. The molecule has 1 aromatic carbocycles. The molecule has 152 valence electrons. The van der Waals surface area contributed by atoms with Crippen molar-refractivity contribution in [2.45, 2.75) is 33.2 Å². The van der Waals surface area contributed by atoms with Crippen LogP contribution in [0.15, 0.2) is 47.0 Å². The molecule has 1 aliphatic heterocycles. The number of hydrogen-bond donors (Lipinski definition) is 0. The van der Waals surface area contributed by atoms with Gasteiger partial charge in [-0.2, -0.15) is 0 Å². The topological polar surface area (TPSA) is 71.2 Å². The summed E-state index contributed by atoms with van der Waals surface area (Å²) in [7, 11) is 0. The van der Waals surface area contributed by atoms with Crippen LogP contribution in [0.3, 0.4) is 0 Å². The average Bonchev–Trinajstić information content (AvgIpc) is 3.22. The van der Waals surface area contributed by atoms with E-state index < -0.39 is 0 Å². The monoisotopic (exact) mass is 392 g/mol. The highest BCUT2D eigenvalue weighted by Gasteiger charge is 2.26. The highest BCUT2D eigenvalue weighted by molar-refractivity contribution is 5.57. The van der Waals surface area contributed by atoms with E-state index in [1.807, 2.05) is 42.6 Å². The molecule has 7 nitrogen and oxygen atoms in total. The summed E-state index contributed by atoms with van der Waals surface area (Å²) >= 11 is 0. The Hall–Kier alpha value is -2.80. The number of piperazine rings is 1. The van der Waals surface area contributed by atoms with Crippen LogP contribution in [0.2, 0.25) is 0 Å². The van der Waals surface area contributed by atoms with E-state index >= 15 is 0 Å². The van der Waals surface area contributed by atoms with Gasteiger partial charge in [-0.25, -0.2) is 9.97 Å². The van der Waals surface area contributed by atoms with Gasteiger partial charge in [-0.3, -0.25) is 4.90 Å². The Balaban J connectivity index is 1.39. The minimum absolute atomic E-state index is 0.121. The van der Waals surface area contributed by atoms with Crippen molar-refractivity contribution in [3.8, 4) is 11.4 Å². The van der Waals surface area contributed by atoms with E-state index in [9.17, 15) is 0 Å². The van der Waals surface area contributed by atoms with Crippen molar-refractivity contribution in [1.29, 1.82) is 0 Å². The van der Waals surface area contributed by atoms with Crippen molar-refractivity contribution in [2.75, 3.05) is 31.1 Å². The van der Waals surface area contributed by atoms with E-state index in [-0.39, 0.29) is 6.04 Å². The summed E-state index contributed by atoms with van der Waals surface area (Å²) < 4.78 is 5.89. The Bertz CT molecular complexity index is 918. The smallest absolute Gasteiger partial charge is 0.233 e. The normalized spacial score (nSPS) is 16.3. The predicted molar refractivity (Wildman–Crippen MR) is 113 cm³/mol. The number of anilines is 1. The van der Waals surface area contributed by atoms with Gasteiger partial charge in [-0.1, -0.05) is 44.2 Å². The second kappa shape index (κ2) is 8.69. The SMILES string of the molecule is CC(C)Cc1nnc([C@H](C)N2CCN(c3ccnc(-c4ccccc4)n3)CC2)o1. The summed E-state index contributed by atoms with van der Waals surface area (Å²) in [5, 5.41) is 8.48. The quantitative estimate of drug-likeness (QED) is 0.634. The fourth-order valence-electron chi connectivity index (χ4n) is 3.61. The molecule has 29 heavy (non-hydrogen) atoms. The summed E-state index contributed by atoms with van der Waals surface area (Å²) in [4.78, 5) is 13.9. The van der Waals surface area contributed by atoms with E-state index in [1.54, 1.807) is 0 Å². The molecule has 0 spiro atoms. The zero-order chi connectivity index (χ0) is 20.2. The Kier molecular flexibility index (Phi) is 5.85. The van der Waals surface area contributed by atoms with Crippen molar-refractivity contribution >= 4 is 5.82 Å². The number of benzene rings is 1. The Morgan fingerprint density at radius 2 is 1.72 bits per heavy atom. The molecule has 7 heteroatoms. The van der Waals surface area contributed by atoms with Gasteiger partial charge in [0, 0.05) is 44.4 Å². The third-order valence-electron chi connectivity index (χ3n) is 5.28. The largest absolute Gasteiger partial charge is 0.424 e. The highest BCUT2D eigenvalue weighted by atomic mass is 16.4. The highest BCUT2D eigenvalue weighted by Crippen LogP contribution is 2.24. The van der Waals surface area contributed by atoms with E-state index in [2.05, 4.69) is 45.8 Å². The molecule has 0 amide bonds. The molecule has 1 fully saturated rings. The molecule has 1 saturated heterocycles. The standard InChI is InChI=1S/C22H28N6O/c1-16(2)15-20-25-26-22(29-20)17(3)27-11-13-28(14-12-27)19-9-10-23-21(24-19)18-7-5-4-6-8-18/h4-10,16-17H,11-15H2,1-3H3/t17-/m0/s1. The Labute approximate surface area is 171 Å². The van der Waals surface area contributed by atoms with Crippen LogP contribution in [0.1, 0.15) is 38.6 Å². The summed E-state index contributed by atoms with van der Waals surface area (Å²) in [6, 6.07) is 12.2. The van der Waals surface area contributed by atoms with Crippen LogP contribution in [0.4, 0.5) is 5.82 Å². The zero-order valence-electron chi connectivity index (χ0n) is 17.3. The second-order valence-electron chi connectivity index (χ2n) is 7.94. The fourth-order valence-corrected chi connectivity index (χ4v) is 3.61. The van der Waals surface area contributed by atoms with Crippen LogP contribution in [0.5, 0.6) is 0 Å². The van der Waals surface area contributed by atoms with Crippen molar-refractivity contribution in [3.05, 3.63) is 54.4 Å². The number of rotatable bonds is 6. The van der Waals surface area contributed by atoms with E-state index in [0.717, 1.165) is 55.7 Å². The van der Waals surface area contributed by atoms with Crippen LogP contribution in [0.25, 0.3) is 11.4 Å². The molecular weight excluding hydrogens is 364 g/mol. The zero-order valence-corrected chi connectivity index (χ0v) is 17.3. The van der Waals surface area contributed by atoms with Crippen LogP contribution in [-0.4, -0.2) is 51.2 Å². The van der Waals surface area contributed by atoms with Crippen LogP contribution >= 0.6 is 0 Å². The molecule has 0 aliphatic carbocycles. The average molecular weight is 393 g/mol. The molecule has 0 radical (unpaired) electrons. The molecule has 0 N–H and O–H groups in total. The molecule has 2 aromatic heterocycles. The van der Waals surface area contributed by atoms with Crippen molar-refractivity contribution in [2.24, 2.45) is 5.92 Å². The summed E-state index contributed by atoms with van der Waals surface area (Å²) in [6.45, 7) is 10.1. The molecule has 4 rings (SSSR count). The van der Waals surface area contributed by atoms with Crippen molar-refractivity contribution < 1.29 is 4.42 Å². The minimum atomic E-state index is 0.121. The van der Waals surface area contributed by atoms with E-state index in [1.165, 1.54) is 0 Å². The molecule has 0 unspecified atom stereocenters. The summed E-state index contributed by atoms with van der Waals surface area (Å²) in [5.41, 5.74) is 1.04. The first kappa shape index (κ1) is 19.5. The lowest BCUT2D eigenvalue weighted by atomic mass is 10.1. The summed E-state index contributed by atoms with van der Waals surface area (Å²) in [5.74, 6) is 3.69. The van der Waals surface area contributed by atoms with Gasteiger partial charge in [0.2, 0.25) is 11.8 Å². The lowest BCUT2D eigenvalue weighted by molar-refractivity contribution is 0.170. The number of hydrogen-bond acceptors (Lipinski definition) is 7. The van der Waals surface area contributed by atoms with E-state index in [4.69, 9.17) is 9.40 Å². The maximum absolute atomic E-state index is 5.89. The van der Waals surface area contributed by atoms with Gasteiger partial charge in [0.05, 0.1) is 6.04 Å². The van der Waals surface area contributed by atoms with Crippen molar-refractivity contribution in [3.63, 3.8) is 0 Å². The fraction of sp³-hybridized carbons (Fsp3) is 0.455. The minimum Gasteiger partial charge on any atom is -0.424 e. The predicted octanol–water partition coefficient (Wildman–Crippen LogP) is 3.61. The Morgan fingerprint density at radius 3 is 2.45 bits per heavy atom. The molecule has 1 aliphatic rings. The number of aromatic nitrogens is 4. The van der Waals surface area contributed by atoms with Gasteiger partial charge in [0.15, 0.2) is 5.82 Å². The van der Waals surface area contributed by atoms with Gasteiger partial charge in [-0.15, -0.1) is 10.2 Å². The van der Waals surface area contributed by atoms with Crippen LogP contribution in [0, 0.1) is 5.92 Å². The molecule has 0 bridgehead atoms. The second-order valence-corrected chi connectivity index (χ2v) is 7.94. The van der Waals surface area contributed by atoms with E-state index in [0.29, 0.717) is 11.8 Å². The molecule has 0 saturated carbocycles. The summed E-state index contributed by atoms with van der Waals surface area (Å²) in [6.07, 6.45) is 2.67. The van der Waals surface area contributed by atoms with Crippen LogP contribution < -0.4 is 4.90 Å². The molecular formula is C22H28N6O. The first-order valence-electron chi connectivity index (χ1n) is 10.3. The number of nitrogens with zero attached hydrogens (tertiary/aromatic N) is 6. The lowest BCUT2D eigenvalue weighted by Crippen LogP contribution is -2.47. The van der Waals surface area contributed by atoms with Gasteiger partial charge in [-0.05, 0) is 18.9 Å². The van der Waals surface area contributed by atoms with Gasteiger partial charge < -0.3 is 9.32 Å². The Morgan fingerprint density at radius 1 is 0.966 bits per heavy atom. The first-order valence-corrected chi connectivity index (χ1v) is 10.3. The lowest BCUT2D eigenvalue weighted by Gasteiger charge is -2.37. The van der Waals surface area contributed by atoms with Gasteiger partial charge in [0.1, 0.15) is 5.82 Å². The third-order valence-corrected chi connectivity index (χ3v) is 5.28. The van der Waals surface area contributed by atoms with Crippen molar-refractivity contribution in [1.82, 2.24) is 25.1 Å². The van der Waals surface area contributed by atoms with Crippen LogP contribution in [-0.2, 0) is 6.42 Å². The third kappa shape index (κ3) is 4.62. The molecule has 3 aromatic rings. The van der Waals surface area contributed by atoms with Gasteiger partial charge >= 0.3 is 0 Å². The molecule has 1 atom stereocenters. The molecule has 3 heterocycles. The maximum Gasteiger partial charge on any atom is 0.233 e. The van der Waals surface area contributed by atoms with Gasteiger partial charge in [0.25, 0.3) is 0 Å².